The minimum absolute atomic E-state index is 0.0358. The van der Waals surface area contributed by atoms with Crippen LogP contribution in [0.5, 0.6) is 0 Å². The number of ether oxygens (including phenoxy) is 1. The van der Waals surface area contributed by atoms with Crippen LogP contribution in [0.15, 0.2) is 33.9 Å². The van der Waals surface area contributed by atoms with Crippen molar-refractivity contribution in [3.05, 3.63) is 50.7 Å². The van der Waals surface area contributed by atoms with Crippen LogP contribution < -0.4 is 26.2 Å². The minimum Gasteiger partial charge on any atom is -0.383 e. The number of carbonyl (C=O) groups excluding carboxylic acids is 1. The summed E-state index contributed by atoms with van der Waals surface area (Å²) in [7, 11) is -2.42. The molecule has 0 saturated carbocycles. The topological polar surface area (TPSA) is 148 Å². The second kappa shape index (κ2) is 10.7. The van der Waals surface area contributed by atoms with Gasteiger partial charge in [-0.15, -0.1) is 0 Å². The lowest BCUT2D eigenvalue weighted by molar-refractivity contribution is -0.117. The van der Waals surface area contributed by atoms with Crippen molar-refractivity contribution in [2.45, 2.75) is 27.3 Å². The number of amides is 1. The molecule has 0 saturated heterocycles. The van der Waals surface area contributed by atoms with E-state index in [4.69, 9.17) is 10.5 Å². The maximum absolute atomic E-state index is 13.4. The Morgan fingerprint density at radius 2 is 1.88 bits per heavy atom. The summed E-state index contributed by atoms with van der Waals surface area (Å²) in [6.07, 6.45) is 0.996. The number of carbonyl (C=O) groups is 1. The molecule has 11 nitrogen and oxygen atoms in total. The van der Waals surface area contributed by atoms with Crippen LogP contribution in [0.1, 0.15) is 19.4 Å². The van der Waals surface area contributed by atoms with Gasteiger partial charge in [0.2, 0.25) is 15.9 Å². The third kappa shape index (κ3) is 6.23. The van der Waals surface area contributed by atoms with Crippen LogP contribution in [-0.2, 0) is 26.1 Å². The molecule has 2 aromatic rings. The molecule has 33 heavy (non-hydrogen) atoms. The van der Waals surface area contributed by atoms with E-state index >= 15 is 0 Å². The number of aromatic nitrogens is 2. The number of para-hydroxylation sites is 1. The smallest absolute Gasteiger partial charge is 0.330 e. The number of nitrogens with two attached hydrogens (primary N) is 1. The first kappa shape index (κ1) is 26.1. The lowest BCUT2D eigenvalue weighted by Gasteiger charge is -2.29. The molecule has 0 fully saturated rings. The van der Waals surface area contributed by atoms with Gasteiger partial charge in [-0.3, -0.25) is 23.4 Å². The van der Waals surface area contributed by atoms with Gasteiger partial charge in [-0.2, -0.15) is 0 Å². The van der Waals surface area contributed by atoms with E-state index in [2.05, 4.69) is 4.98 Å². The molecule has 0 aliphatic carbocycles. The second-order valence-corrected chi connectivity index (χ2v) is 10.00. The Morgan fingerprint density at radius 1 is 1.24 bits per heavy atom. The molecular weight excluding hydrogens is 450 g/mol. The molecular formula is C21H31N5O6S. The van der Waals surface area contributed by atoms with Crippen LogP contribution in [0.2, 0.25) is 0 Å². The highest BCUT2D eigenvalue weighted by Gasteiger charge is 2.29. The molecule has 1 aromatic heterocycles. The van der Waals surface area contributed by atoms with E-state index in [-0.39, 0.29) is 37.1 Å². The number of hydrogen-bond acceptors (Lipinski definition) is 7. The Kier molecular flexibility index (Phi) is 8.45. The number of aryl methyl sites for hydroxylation is 1. The van der Waals surface area contributed by atoms with E-state index in [0.29, 0.717) is 11.3 Å². The Morgan fingerprint density at radius 3 is 2.42 bits per heavy atom. The van der Waals surface area contributed by atoms with E-state index in [1.807, 2.05) is 13.8 Å². The minimum atomic E-state index is -3.84. The molecule has 0 aliphatic rings. The third-order valence-electron chi connectivity index (χ3n) is 4.92. The van der Waals surface area contributed by atoms with Crippen LogP contribution in [0, 0.1) is 12.8 Å². The highest BCUT2D eigenvalue weighted by atomic mass is 32.2. The Labute approximate surface area is 192 Å². The zero-order valence-corrected chi connectivity index (χ0v) is 20.3. The van der Waals surface area contributed by atoms with Crippen molar-refractivity contribution in [2.75, 3.05) is 48.0 Å². The standard InChI is InChI=1S/C21H31N5O6S/c1-14(2)12-25-19(22)18(20(28)23-21(25)29)24(10-11-32-4)17(27)13-26(33(5,30)31)16-9-7-6-8-15(16)3/h6-9,14H,10-13,22H2,1-5H3,(H,23,28,29). The normalized spacial score (nSPS) is 11.6. The zero-order chi connectivity index (χ0) is 24.9. The lowest BCUT2D eigenvalue weighted by atomic mass is 10.2. The molecule has 182 valence electrons. The average Bonchev–Trinajstić information content (AvgIpc) is 2.71. The van der Waals surface area contributed by atoms with Crippen molar-refractivity contribution in [3.8, 4) is 0 Å². The quantitative estimate of drug-likeness (QED) is 0.503. The van der Waals surface area contributed by atoms with Gasteiger partial charge in [-0.25, -0.2) is 13.2 Å². The van der Waals surface area contributed by atoms with Crippen molar-refractivity contribution in [3.63, 3.8) is 0 Å². The average molecular weight is 482 g/mol. The fraction of sp³-hybridized carbons (Fsp3) is 0.476. The van der Waals surface area contributed by atoms with E-state index in [9.17, 15) is 22.8 Å². The summed E-state index contributed by atoms with van der Waals surface area (Å²) in [4.78, 5) is 41.6. The van der Waals surface area contributed by atoms with Gasteiger partial charge < -0.3 is 15.4 Å². The first-order valence-electron chi connectivity index (χ1n) is 10.3. The van der Waals surface area contributed by atoms with Crippen molar-refractivity contribution in [1.82, 2.24) is 9.55 Å². The molecule has 0 aliphatic heterocycles. The largest absolute Gasteiger partial charge is 0.383 e. The number of hydrogen-bond donors (Lipinski definition) is 2. The number of rotatable bonds is 10. The lowest BCUT2D eigenvalue weighted by Crippen LogP contribution is -2.47. The SMILES string of the molecule is COCCN(C(=O)CN(c1ccccc1C)S(C)(=O)=O)c1c(N)n(CC(C)C)c(=O)[nH]c1=O. The predicted octanol–water partition coefficient (Wildman–Crippen LogP) is 0.529. The first-order valence-corrected chi connectivity index (χ1v) is 12.2. The number of nitrogens with zero attached hydrogens (tertiary/aromatic N) is 3. The Balaban J connectivity index is 2.59. The first-order chi connectivity index (χ1) is 15.4. The molecule has 0 unspecified atom stereocenters. The number of nitrogens with one attached hydrogen (secondary N) is 1. The number of methoxy groups -OCH3 is 1. The van der Waals surface area contributed by atoms with Crippen LogP contribution in [-0.4, -0.2) is 56.9 Å². The van der Waals surface area contributed by atoms with Gasteiger partial charge >= 0.3 is 5.69 Å². The van der Waals surface area contributed by atoms with Crippen molar-refractivity contribution >= 4 is 33.1 Å². The summed E-state index contributed by atoms with van der Waals surface area (Å²) in [5.41, 5.74) is 5.41. The Hall–Kier alpha value is -3.12. The van der Waals surface area contributed by atoms with Crippen LogP contribution in [0.25, 0.3) is 0 Å². The van der Waals surface area contributed by atoms with Crippen LogP contribution in [0.4, 0.5) is 17.2 Å². The summed E-state index contributed by atoms with van der Waals surface area (Å²) in [5, 5.41) is 0. The second-order valence-electron chi connectivity index (χ2n) is 8.09. The van der Waals surface area contributed by atoms with Gasteiger partial charge in [0.05, 0.1) is 18.6 Å². The summed E-state index contributed by atoms with van der Waals surface area (Å²) in [6.45, 7) is 5.10. The van der Waals surface area contributed by atoms with Gasteiger partial charge in [0.15, 0.2) is 5.69 Å². The highest BCUT2D eigenvalue weighted by Crippen LogP contribution is 2.24. The fourth-order valence-electron chi connectivity index (χ4n) is 3.36. The number of sulfonamides is 1. The number of H-pyrrole nitrogens is 1. The summed E-state index contributed by atoms with van der Waals surface area (Å²) in [6, 6.07) is 6.74. The monoisotopic (exact) mass is 481 g/mol. The van der Waals surface area contributed by atoms with E-state index in [0.717, 1.165) is 15.5 Å². The van der Waals surface area contributed by atoms with E-state index in [1.54, 1.807) is 31.2 Å². The van der Waals surface area contributed by atoms with E-state index in [1.165, 1.54) is 11.7 Å². The van der Waals surface area contributed by atoms with Gasteiger partial charge in [-0.1, -0.05) is 32.0 Å². The summed E-state index contributed by atoms with van der Waals surface area (Å²) in [5.74, 6) is -0.843. The zero-order valence-electron chi connectivity index (χ0n) is 19.5. The van der Waals surface area contributed by atoms with Crippen molar-refractivity contribution in [2.24, 2.45) is 5.92 Å². The number of nitrogen functional groups attached to an aromatic ring is 1. The number of aromatic amines is 1. The highest BCUT2D eigenvalue weighted by molar-refractivity contribution is 7.92. The summed E-state index contributed by atoms with van der Waals surface area (Å²) >= 11 is 0. The molecule has 1 amide bonds. The maximum Gasteiger partial charge on any atom is 0.330 e. The van der Waals surface area contributed by atoms with E-state index < -0.39 is 33.7 Å². The van der Waals surface area contributed by atoms with Crippen LogP contribution in [0.3, 0.4) is 0 Å². The number of anilines is 3. The molecule has 0 bridgehead atoms. The van der Waals surface area contributed by atoms with Gasteiger partial charge in [-0.05, 0) is 24.5 Å². The van der Waals surface area contributed by atoms with Gasteiger partial charge in [0.25, 0.3) is 5.56 Å². The molecule has 2 rings (SSSR count). The maximum atomic E-state index is 13.4. The van der Waals surface area contributed by atoms with Gasteiger partial charge in [0, 0.05) is 20.2 Å². The van der Waals surface area contributed by atoms with Crippen molar-refractivity contribution in [1.29, 1.82) is 0 Å². The van der Waals surface area contributed by atoms with Crippen LogP contribution >= 0.6 is 0 Å². The molecule has 3 N–H and O–H groups in total. The summed E-state index contributed by atoms with van der Waals surface area (Å²) < 4.78 is 32.3. The molecule has 0 spiro atoms. The fourth-order valence-corrected chi connectivity index (χ4v) is 4.27. The van der Waals surface area contributed by atoms with Crippen molar-refractivity contribution < 1.29 is 17.9 Å². The molecule has 1 aromatic carbocycles. The Bertz CT molecular complexity index is 1220. The molecule has 0 atom stereocenters. The van der Waals surface area contributed by atoms with Gasteiger partial charge in [0.1, 0.15) is 12.4 Å². The molecule has 1 heterocycles. The number of benzene rings is 1. The molecule has 12 heteroatoms. The molecule has 0 radical (unpaired) electrons. The predicted molar refractivity (Wildman–Crippen MR) is 128 cm³/mol. The third-order valence-corrected chi connectivity index (χ3v) is 6.04.